The van der Waals surface area contributed by atoms with Gasteiger partial charge in [-0.3, -0.25) is 0 Å². The molecule has 0 spiro atoms. The molecule has 0 aliphatic rings. The normalized spacial score (nSPS) is 11.8. The standard InChI is InChI=1S/2C24H36O3S.Ba/c2*1-3-5-7-9-11-14-20-18-22-17-13-16-21(15-12-10-8-6-4-2)24(22)23(19-20)28(25,26)27;/h2*13,16-19H,3-12,14-15H2,1-2H3,(H,25,26,27);/q;;+2/p-2. The molecule has 6 nitrogen and oxygen atoms in total. The van der Waals surface area contributed by atoms with Gasteiger partial charge in [0.05, 0.1) is 9.79 Å². The molecule has 0 saturated heterocycles. The first kappa shape index (κ1) is 51.9. The molecule has 0 aliphatic carbocycles. The van der Waals surface area contributed by atoms with Crippen molar-refractivity contribution in [2.45, 2.75) is 192 Å². The molecule has 0 aliphatic heterocycles. The summed E-state index contributed by atoms with van der Waals surface area (Å²) in [6.45, 7) is 8.77. The maximum Gasteiger partial charge on any atom is 2.00 e. The molecule has 0 N–H and O–H groups in total. The zero-order chi connectivity index (χ0) is 40.8. The Bertz CT molecular complexity index is 1830. The summed E-state index contributed by atoms with van der Waals surface area (Å²) in [5.41, 5.74) is 3.88. The fourth-order valence-corrected chi connectivity index (χ4v) is 9.44. The van der Waals surface area contributed by atoms with Gasteiger partial charge >= 0.3 is 48.9 Å². The number of benzene rings is 4. The van der Waals surface area contributed by atoms with Crippen LogP contribution in [0.25, 0.3) is 21.5 Å². The van der Waals surface area contributed by atoms with E-state index in [9.17, 15) is 25.9 Å². The molecule has 0 heterocycles. The summed E-state index contributed by atoms with van der Waals surface area (Å²) in [4.78, 5) is -0.0598. The third kappa shape index (κ3) is 18.5. The number of unbranched alkanes of at least 4 members (excludes halogenated alkanes) is 16. The molecule has 0 radical (unpaired) electrons. The molecule has 0 bridgehead atoms. The number of fused-ring (bicyclic) bond motifs is 2. The Morgan fingerprint density at radius 2 is 0.702 bits per heavy atom. The van der Waals surface area contributed by atoms with Gasteiger partial charge in [0.15, 0.2) is 0 Å². The molecule has 312 valence electrons. The van der Waals surface area contributed by atoms with E-state index in [0.717, 1.165) is 110 Å². The van der Waals surface area contributed by atoms with Crippen molar-refractivity contribution in [2.24, 2.45) is 0 Å². The monoisotopic (exact) mass is 944 g/mol. The Balaban J connectivity index is 0.000000387. The zero-order valence-corrected chi connectivity index (χ0v) is 41.8. The van der Waals surface area contributed by atoms with Crippen molar-refractivity contribution in [3.05, 3.63) is 82.9 Å². The van der Waals surface area contributed by atoms with Crippen LogP contribution in [0.4, 0.5) is 0 Å². The molecule has 9 heteroatoms. The average Bonchev–Trinajstić information content (AvgIpc) is 3.16. The van der Waals surface area contributed by atoms with Crippen LogP contribution in [0.5, 0.6) is 0 Å². The maximum absolute atomic E-state index is 12.0. The molecule has 4 rings (SSSR count). The van der Waals surface area contributed by atoms with Crippen LogP contribution in [0.15, 0.2) is 70.5 Å². The van der Waals surface area contributed by atoms with Crippen molar-refractivity contribution in [1.29, 1.82) is 0 Å². The Hall–Kier alpha value is -1.21. The Kier molecular flexibility index (Phi) is 25.8. The van der Waals surface area contributed by atoms with Crippen molar-refractivity contribution in [1.82, 2.24) is 0 Å². The van der Waals surface area contributed by atoms with E-state index in [1.165, 1.54) is 77.0 Å². The van der Waals surface area contributed by atoms with Crippen LogP contribution in [0, 0.1) is 0 Å². The van der Waals surface area contributed by atoms with E-state index in [2.05, 4.69) is 39.8 Å². The summed E-state index contributed by atoms with van der Waals surface area (Å²) < 4.78 is 72.2. The van der Waals surface area contributed by atoms with Crippen molar-refractivity contribution >= 4 is 90.7 Å². The summed E-state index contributed by atoms with van der Waals surface area (Å²) in [6, 6.07) is 19.2. The second-order valence-corrected chi connectivity index (χ2v) is 18.5. The van der Waals surface area contributed by atoms with Gasteiger partial charge in [-0.05, 0) is 96.5 Å². The topological polar surface area (TPSA) is 114 Å². The molecule has 4 aromatic carbocycles. The van der Waals surface area contributed by atoms with Crippen molar-refractivity contribution < 1.29 is 25.9 Å². The minimum absolute atomic E-state index is 0. The van der Waals surface area contributed by atoms with Crippen LogP contribution < -0.4 is 0 Å². The van der Waals surface area contributed by atoms with E-state index in [-0.39, 0.29) is 58.7 Å². The van der Waals surface area contributed by atoms with Gasteiger partial charge in [-0.25, -0.2) is 16.8 Å². The first-order valence-electron chi connectivity index (χ1n) is 21.9. The summed E-state index contributed by atoms with van der Waals surface area (Å²) in [6.07, 6.45) is 26.5. The summed E-state index contributed by atoms with van der Waals surface area (Å²) >= 11 is 0. The second kappa shape index (κ2) is 28.3. The summed E-state index contributed by atoms with van der Waals surface area (Å²) in [7, 11) is -9.01. The van der Waals surface area contributed by atoms with E-state index < -0.39 is 20.2 Å². The van der Waals surface area contributed by atoms with Gasteiger partial charge in [0, 0.05) is 10.8 Å². The third-order valence-electron chi connectivity index (χ3n) is 10.9. The first-order chi connectivity index (χ1) is 26.9. The van der Waals surface area contributed by atoms with Crippen molar-refractivity contribution in [3.8, 4) is 0 Å². The van der Waals surface area contributed by atoms with Crippen LogP contribution in [-0.2, 0) is 45.9 Å². The molecule has 0 amide bonds. The number of hydrogen-bond acceptors (Lipinski definition) is 6. The summed E-state index contributed by atoms with van der Waals surface area (Å²) in [5, 5.41) is 3.04. The zero-order valence-electron chi connectivity index (χ0n) is 35.7. The molecule has 57 heavy (non-hydrogen) atoms. The number of aryl methyl sites for hydroxylation is 4. The predicted octanol–water partition coefficient (Wildman–Crippen LogP) is 13.2. The van der Waals surface area contributed by atoms with Gasteiger partial charge in [-0.2, -0.15) is 0 Å². The Labute approximate surface area is 387 Å². The molecule has 0 aromatic heterocycles. The van der Waals surface area contributed by atoms with E-state index in [4.69, 9.17) is 0 Å². The number of rotatable bonds is 26. The van der Waals surface area contributed by atoms with Gasteiger partial charge in [0.25, 0.3) is 0 Å². The van der Waals surface area contributed by atoms with E-state index >= 15 is 0 Å². The van der Waals surface area contributed by atoms with E-state index in [1.54, 1.807) is 12.1 Å². The van der Waals surface area contributed by atoms with Crippen LogP contribution >= 0.6 is 0 Å². The molecule has 4 aromatic rings. The van der Waals surface area contributed by atoms with Crippen LogP contribution in [0.1, 0.15) is 178 Å². The van der Waals surface area contributed by atoms with Gasteiger partial charge < -0.3 is 9.11 Å². The van der Waals surface area contributed by atoms with Crippen molar-refractivity contribution in [3.63, 3.8) is 0 Å². The molecule has 0 unspecified atom stereocenters. The molecule has 0 fully saturated rings. The second-order valence-electron chi connectivity index (χ2n) is 15.8. The third-order valence-corrected chi connectivity index (χ3v) is 12.7. The van der Waals surface area contributed by atoms with E-state index in [0.29, 0.717) is 10.8 Å². The Morgan fingerprint density at radius 3 is 1.00 bits per heavy atom. The van der Waals surface area contributed by atoms with Gasteiger partial charge in [0.1, 0.15) is 20.2 Å². The van der Waals surface area contributed by atoms with Crippen molar-refractivity contribution in [2.75, 3.05) is 0 Å². The summed E-state index contributed by atoms with van der Waals surface area (Å²) in [5.74, 6) is 0. The molecular formula is C48H70BaO6S2. The molecule has 0 saturated carbocycles. The quantitative estimate of drug-likeness (QED) is 0.0352. The fourth-order valence-electron chi connectivity index (χ4n) is 7.85. The minimum atomic E-state index is -4.50. The number of hydrogen-bond donors (Lipinski definition) is 0. The SMILES string of the molecule is CCCCCCCc1cc(S(=O)(=O)[O-])c2c(CCCCCCC)cccc2c1.CCCCCCCc1cc(S(=O)(=O)[O-])c2c(CCCCCCC)cccc2c1.[Ba+2]. The van der Waals surface area contributed by atoms with Gasteiger partial charge in [0.2, 0.25) is 0 Å². The predicted molar refractivity (Wildman–Crippen MR) is 239 cm³/mol. The van der Waals surface area contributed by atoms with Crippen LogP contribution in [-0.4, -0.2) is 74.8 Å². The minimum Gasteiger partial charge on any atom is -0.744 e. The van der Waals surface area contributed by atoms with Gasteiger partial charge in [-0.1, -0.05) is 179 Å². The van der Waals surface area contributed by atoms with Crippen LogP contribution in [0.3, 0.4) is 0 Å². The van der Waals surface area contributed by atoms with Crippen LogP contribution in [0.2, 0.25) is 0 Å². The maximum atomic E-state index is 12.0. The smallest absolute Gasteiger partial charge is 0.744 e. The fraction of sp³-hybridized carbons (Fsp3) is 0.583. The van der Waals surface area contributed by atoms with E-state index in [1.807, 2.05) is 36.4 Å². The largest absolute Gasteiger partial charge is 2.00 e. The first-order valence-corrected chi connectivity index (χ1v) is 24.8. The average molecular weight is 945 g/mol. The van der Waals surface area contributed by atoms with Gasteiger partial charge in [-0.15, -0.1) is 0 Å². The molecule has 0 atom stereocenters. The molecular weight excluding hydrogens is 874 g/mol. The Morgan fingerprint density at radius 1 is 0.404 bits per heavy atom.